The van der Waals surface area contributed by atoms with Gasteiger partial charge in [-0.1, -0.05) is 24.3 Å². The molecule has 1 aliphatic rings. The van der Waals surface area contributed by atoms with Gasteiger partial charge in [0.05, 0.1) is 6.04 Å². The Hall–Kier alpha value is -3.61. The van der Waals surface area contributed by atoms with Gasteiger partial charge in [0, 0.05) is 52.3 Å². The number of anilines is 2. The number of esters is 1. The molecule has 3 aromatic rings. The number of amides is 1. The summed E-state index contributed by atoms with van der Waals surface area (Å²) in [5.41, 5.74) is 8.12. The lowest BCUT2D eigenvalue weighted by Gasteiger charge is -2.40. The smallest absolute Gasteiger partial charge is 0.302 e. The number of nitrogens with two attached hydrogens (primary N) is 1. The van der Waals surface area contributed by atoms with E-state index >= 15 is 0 Å². The summed E-state index contributed by atoms with van der Waals surface area (Å²) in [6, 6.07) is 12.6. The average Bonchev–Trinajstić information content (AvgIpc) is 2.91. The molecule has 0 radical (unpaired) electrons. The van der Waals surface area contributed by atoms with Crippen LogP contribution in [0.2, 0.25) is 0 Å². The molecule has 1 aromatic heterocycles. The van der Waals surface area contributed by atoms with E-state index in [1.165, 1.54) is 56.2 Å². The van der Waals surface area contributed by atoms with Gasteiger partial charge < -0.3 is 15.8 Å². The molecular weight excluding hydrogens is 538 g/mol. The molecule has 1 atom stereocenters. The Morgan fingerprint density at radius 2 is 1.55 bits per heavy atom. The summed E-state index contributed by atoms with van der Waals surface area (Å²) in [4.78, 5) is 36.2. The molecule has 9 nitrogen and oxygen atoms in total. The van der Waals surface area contributed by atoms with Crippen LogP contribution in [0.3, 0.4) is 0 Å². The van der Waals surface area contributed by atoms with Gasteiger partial charge in [-0.15, -0.1) is 11.8 Å². The Labute approximate surface area is 236 Å². The second-order valence-electron chi connectivity index (χ2n) is 9.50. The Morgan fingerprint density at radius 3 is 2.08 bits per heavy atom. The monoisotopic (exact) mass is 570 g/mol. The van der Waals surface area contributed by atoms with Crippen LogP contribution in [0.4, 0.5) is 20.3 Å². The second-order valence-corrected chi connectivity index (χ2v) is 10.5. The van der Waals surface area contributed by atoms with E-state index in [1.807, 2.05) is 0 Å². The SMILES string of the molecule is CC(=O)Nc1c(N)ncnc1SCC(CN1CCN(C(c2ccc(F)cc2)c2ccc(F)cc2)CC1)OC(C)=O. The van der Waals surface area contributed by atoms with Crippen LogP contribution in [0.1, 0.15) is 31.0 Å². The molecule has 212 valence electrons. The number of thioether (sulfide) groups is 1. The maximum absolute atomic E-state index is 13.6. The van der Waals surface area contributed by atoms with Crippen LogP contribution in [0.15, 0.2) is 59.9 Å². The highest BCUT2D eigenvalue weighted by Crippen LogP contribution is 2.31. The van der Waals surface area contributed by atoms with Crippen LogP contribution in [0.5, 0.6) is 0 Å². The molecule has 2 aromatic carbocycles. The van der Waals surface area contributed by atoms with E-state index in [2.05, 4.69) is 25.1 Å². The Balaban J connectivity index is 1.42. The fourth-order valence-electron chi connectivity index (χ4n) is 4.71. The molecule has 2 heterocycles. The number of nitrogens with one attached hydrogen (secondary N) is 1. The topological polar surface area (TPSA) is 114 Å². The van der Waals surface area contributed by atoms with Gasteiger partial charge >= 0.3 is 5.97 Å². The zero-order chi connectivity index (χ0) is 28.6. The number of carbonyl (C=O) groups excluding carboxylic acids is 2. The van der Waals surface area contributed by atoms with Crippen LogP contribution in [0, 0.1) is 11.6 Å². The maximum atomic E-state index is 13.6. The van der Waals surface area contributed by atoms with Crippen molar-refractivity contribution in [3.63, 3.8) is 0 Å². The summed E-state index contributed by atoms with van der Waals surface area (Å²) in [6.45, 7) is 6.07. The molecule has 0 bridgehead atoms. The Bertz CT molecular complexity index is 1260. The zero-order valence-corrected chi connectivity index (χ0v) is 23.2. The standard InChI is InChI=1S/C28H32F2N6O3S/c1-18(37)34-25-27(31)32-17-33-28(25)40-16-24(39-19(2)38)15-35-11-13-36(14-12-35)26(20-3-7-22(29)8-4-20)21-5-9-23(30)10-6-21/h3-10,17,24,26H,11-16H2,1-2H3,(H,34,37)(H2,31,32,33). The minimum atomic E-state index is -0.430. The van der Waals surface area contributed by atoms with Crippen molar-refractivity contribution in [2.45, 2.75) is 31.0 Å². The summed E-state index contributed by atoms with van der Waals surface area (Å²) < 4.78 is 32.9. The lowest BCUT2D eigenvalue weighted by Crippen LogP contribution is -2.50. The predicted molar refractivity (Wildman–Crippen MR) is 150 cm³/mol. The molecule has 4 rings (SSSR count). The van der Waals surface area contributed by atoms with Crippen molar-refractivity contribution in [3.05, 3.63) is 77.6 Å². The Morgan fingerprint density at radius 1 is 0.975 bits per heavy atom. The van der Waals surface area contributed by atoms with Crippen molar-refractivity contribution in [3.8, 4) is 0 Å². The van der Waals surface area contributed by atoms with Crippen molar-refractivity contribution in [1.82, 2.24) is 19.8 Å². The largest absolute Gasteiger partial charge is 0.460 e. The summed E-state index contributed by atoms with van der Waals surface area (Å²) in [5.74, 6) is -0.746. The number of rotatable bonds is 10. The number of halogens is 2. The first-order valence-corrected chi connectivity index (χ1v) is 13.8. The highest BCUT2D eigenvalue weighted by molar-refractivity contribution is 7.99. The zero-order valence-electron chi connectivity index (χ0n) is 22.3. The van der Waals surface area contributed by atoms with E-state index in [4.69, 9.17) is 10.5 Å². The number of hydrogen-bond donors (Lipinski definition) is 2. The number of hydrogen-bond acceptors (Lipinski definition) is 9. The molecule has 1 fully saturated rings. The summed E-state index contributed by atoms with van der Waals surface area (Å²) in [6.07, 6.45) is 0.891. The van der Waals surface area contributed by atoms with Crippen molar-refractivity contribution < 1.29 is 23.1 Å². The third-order valence-corrected chi connectivity index (χ3v) is 7.61. The molecule has 12 heteroatoms. The first-order chi connectivity index (χ1) is 19.2. The van der Waals surface area contributed by atoms with Gasteiger partial charge in [0.1, 0.15) is 34.8 Å². The third kappa shape index (κ3) is 7.96. The first-order valence-electron chi connectivity index (χ1n) is 12.8. The molecule has 1 amide bonds. The van der Waals surface area contributed by atoms with Gasteiger partial charge in [-0.2, -0.15) is 0 Å². The number of nitrogens with zero attached hydrogens (tertiary/aromatic N) is 4. The minimum Gasteiger partial charge on any atom is -0.460 e. The Kier molecular flexibility index (Phi) is 10.0. The van der Waals surface area contributed by atoms with Crippen LogP contribution >= 0.6 is 11.8 Å². The van der Waals surface area contributed by atoms with Crippen molar-refractivity contribution in [2.24, 2.45) is 0 Å². The van der Waals surface area contributed by atoms with E-state index < -0.39 is 6.10 Å². The number of benzene rings is 2. The summed E-state index contributed by atoms with van der Waals surface area (Å²) >= 11 is 1.32. The highest BCUT2D eigenvalue weighted by atomic mass is 32.2. The van der Waals surface area contributed by atoms with E-state index in [9.17, 15) is 18.4 Å². The number of nitrogen functional groups attached to an aromatic ring is 1. The second kappa shape index (κ2) is 13.6. The van der Waals surface area contributed by atoms with Crippen molar-refractivity contribution >= 4 is 35.1 Å². The van der Waals surface area contributed by atoms with Gasteiger partial charge in [-0.3, -0.25) is 19.4 Å². The number of aromatic nitrogens is 2. The maximum Gasteiger partial charge on any atom is 0.302 e. The van der Waals surface area contributed by atoms with E-state index in [0.29, 0.717) is 49.2 Å². The van der Waals surface area contributed by atoms with Gasteiger partial charge in [0.25, 0.3) is 0 Å². The highest BCUT2D eigenvalue weighted by Gasteiger charge is 2.28. The lowest BCUT2D eigenvalue weighted by atomic mass is 9.96. The van der Waals surface area contributed by atoms with Gasteiger partial charge in [-0.25, -0.2) is 18.7 Å². The minimum absolute atomic E-state index is 0.154. The van der Waals surface area contributed by atoms with Gasteiger partial charge in [0.2, 0.25) is 5.91 Å². The summed E-state index contributed by atoms with van der Waals surface area (Å²) in [7, 11) is 0. The average molecular weight is 571 g/mol. The van der Waals surface area contributed by atoms with Crippen LogP contribution in [-0.2, 0) is 14.3 Å². The molecule has 3 N–H and O–H groups in total. The van der Waals surface area contributed by atoms with Gasteiger partial charge in [0.15, 0.2) is 5.82 Å². The molecule has 1 unspecified atom stereocenters. The van der Waals surface area contributed by atoms with E-state index in [-0.39, 0.29) is 35.4 Å². The van der Waals surface area contributed by atoms with Crippen molar-refractivity contribution in [2.75, 3.05) is 49.5 Å². The van der Waals surface area contributed by atoms with E-state index in [1.54, 1.807) is 24.3 Å². The van der Waals surface area contributed by atoms with Crippen LogP contribution in [-0.4, -0.2) is 76.2 Å². The fourth-order valence-corrected chi connectivity index (χ4v) is 5.65. The molecular formula is C28H32F2N6O3S. The van der Waals surface area contributed by atoms with Crippen molar-refractivity contribution in [1.29, 1.82) is 0 Å². The first kappa shape index (κ1) is 29.4. The third-order valence-electron chi connectivity index (χ3n) is 6.49. The fraction of sp³-hybridized carbons (Fsp3) is 0.357. The molecule has 0 aliphatic carbocycles. The van der Waals surface area contributed by atoms with Crippen LogP contribution in [0.25, 0.3) is 0 Å². The normalized spacial score (nSPS) is 15.1. The molecule has 0 spiro atoms. The number of ether oxygens (including phenoxy) is 1. The molecule has 1 aliphatic heterocycles. The van der Waals surface area contributed by atoms with Crippen LogP contribution < -0.4 is 11.1 Å². The van der Waals surface area contributed by atoms with Gasteiger partial charge in [-0.05, 0) is 35.4 Å². The molecule has 40 heavy (non-hydrogen) atoms. The summed E-state index contributed by atoms with van der Waals surface area (Å²) in [5, 5.41) is 3.15. The number of piperazine rings is 1. The predicted octanol–water partition coefficient (Wildman–Crippen LogP) is 3.73. The number of carbonyl (C=O) groups is 2. The van der Waals surface area contributed by atoms with E-state index in [0.717, 1.165) is 11.1 Å². The molecule has 0 saturated carbocycles. The molecule has 1 saturated heterocycles. The lowest BCUT2D eigenvalue weighted by molar-refractivity contribution is -0.146. The quantitative estimate of drug-likeness (QED) is 0.214.